The van der Waals surface area contributed by atoms with Crippen LogP contribution in [0.1, 0.15) is 22.0 Å². The maximum absolute atomic E-state index is 10.6. The van der Waals surface area contributed by atoms with E-state index in [1.807, 2.05) is 31.3 Å². The topological polar surface area (TPSA) is 118 Å². The number of pyridine rings is 1. The second kappa shape index (κ2) is 14.0. The normalized spacial score (nSPS) is 15.6. The number of aromatic nitrogens is 3. The van der Waals surface area contributed by atoms with Gasteiger partial charge in [-0.05, 0) is 36.6 Å². The fourth-order valence-corrected chi connectivity index (χ4v) is 3.97. The summed E-state index contributed by atoms with van der Waals surface area (Å²) in [6.45, 7) is 6.08. The van der Waals surface area contributed by atoms with E-state index in [1.54, 1.807) is 11.3 Å². The molecule has 0 aliphatic carbocycles. The minimum atomic E-state index is -5.08. The third-order valence-electron chi connectivity index (χ3n) is 4.89. The fraction of sp³-hybridized carbons (Fsp3) is 0.391. The number of hydrogen-bond acceptors (Lipinski definition) is 7. The molecule has 0 radical (unpaired) electrons. The van der Waals surface area contributed by atoms with Gasteiger partial charge in [-0.15, -0.1) is 11.3 Å². The number of rotatable bonds is 5. The van der Waals surface area contributed by atoms with Crippen molar-refractivity contribution in [3.05, 3.63) is 69.9 Å². The maximum Gasteiger partial charge on any atom is 0.490 e. The third kappa shape index (κ3) is 11.4. The molecular formula is C23H24F6N4O5S. The molecule has 0 bridgehead atoms. The lowest BCUT2D eigenvalue weighted by Crippen LogP contribution is -2.32. The fourth-order valence-electron chi connectivity index (χ4n) is 3.22. The summed E-state index contributed by atoms with van der Waals surface area (Å²) in [7, 11) is 0. The molecule has 4 rings (SSSR count). The molecule has 0 amide bonds. The summed E-state index contributed by atoms with van der Waals surface area (Å²) in [5, 5.41) is 20.8. The first-order valence-electron chi connectivity index (χ1n) is 11.0. The molecule has 2 N–H and O–H groups in total. The molecule has 0 saturated heterocycles. The van der Waals surface area contributed by atoms with E-state index in [0.717, 1.165) is 37.6 Å². The van der Waals surface area contributed by atoms with Gasteiger partial charge < -0.3 is 14.9 Å². The molecule has 3 aromatic rings. The summed E-state index contributed by atoms with van der Waals surface area (Å²) < 4.78 is 71.8. The average Bonchev–Trinajstić information content (AvgIpc) is 3.46. The van der Waals surface area contributed by atoms with E-state index in [2.05, 4.69) is 43.2 Å². The zero-order valence-corrected chi connectivity index (χ0v) is 21.1. The van der Waals surface area contributed by atoms with Gasteiger partial charge in [-0.3, -0.25) is 14.6 Å². The third-order valence-corrected chi connectivity index (χ3v) is 5.75. The van der Waals surface area contributed by atoms with Crippen LogP contribution in [0.25, 0.3) is 0 Å². The molecule has 4 heterocycles. The molecule has 16 heteroatoms. The van der Waals surface area contributed by atoms with Gasteiger partial charge in [0.05, 0.1) is 30.6 Å². The first kappa shape index (κ1) is 31.7. The monoisotopic (exact) mass is 582 g/mol. The van der Waals surface area contributed by atoms with Crippen LogP contribution < -0.4 is 0 Å². The standard InChI is InChI=1S/C19H22N4OS.2C2HF3O2/c1-15-4-2-5-16(21-15)14-24-18-11-22(13-19-6-3-9-25-19)10-17-7-8-20-23(17)12-18;2*3-2(4,5)1(6)7/h2-9,18H,10-14H2,1H3;2*(H,6,7). The lowest BCUT2D eigenvalue weighted by atomic mass is 10.3. The number of aryl methyl sites for hydroxylation is 1. The van der Waals surface area contributed by atoms with Crippen LogP contribution in [0.2, 0.25) is 0 Å². The van der Waals surface area contributed by atoms with Crippen LogP contribution >= 0.6 is 11.3 Å². The van der Waals surface area contributed by atoms with Crippen molar-refractivity contribution < 1.29 is 50.9 Å². The number of carboxylic acid groups (broad SMARTS) is 2. The summed E-state index contributed by atoms with van der Waals surface area (Å²) in [5.41, 5.74) is 3.25. The number of halogens is 6. The number of aliphatic carboxylic acids is 2. The van der Waals surface area contributed by atoms with Crippen molar-refractivity contribution in [3.8, 4) is 0 Å². The van der Waals surface area contributed by atoms with Crippen LogP contribution in [-0.2, 0) is 40.6 Å². The van der Waals surface area contributed by atoms with Gasteiger partial charge in [0.2, 0.25) is 0 Å². The molecule has 1 atom stereocenters. The highest BCUT2D eigenvalue weighted by Crippen LogP contribution is 2.19. The molecule has 1 aliphatic heterocycles. The van der Waals surface area contributed by atoms with Gasteiger partial charge in [0.25, 0.3) is 0 Å². The lowest BCUT2D eigenvalue weighted by molar-refractivity contribution is -0.193. The predicted octanol–water partition coefficient (Wildman–Crippen LogP) is 4.52. The number of alkyl halides is 6. The Kier molecular flexibility index (Phi) is 11.4. The SMILES string of the molecule is Cc1cccc(COC2CN(Cc3cccs3)Cc3ccnn3C2)n1.O=C(O)C(F)(F)F.O=C(O)C(F)(F)F. The van der Waals surface area contributed by atoms with Crippen LogP contribution in [-0.4, -0.2) is 66.8 Å². The minimum absolute atomic E-state index is 0.100. The number of carboxylic acids is 2. The molecule has 1 aliphatic rings. The lowest BCUT2D eigenvalue weighted by Gasteiger charge is -2.23. The van der Waals surface area contributed by atoms with E-state index >= 15 is 0 Å². The number of hydrogen-bond donors (Lipinski definition) is 2. The van der Waals surface area contributed by atoms with Gasteiger partial charge >= 0.3 is 24.3 Å². The van der Waals surface area contributed by atoms with E-state index in [1.165, 1.54) is 10.6 Å². The summed E-state index contributed by atoms with van der Waals surface area (Å²) in [6, 6.07) is 12.5. The Bertz CT molecular complexity index is 1180. The number of fused-ring (bicyclic) bond motifs is 1. The Balaban J connectivity index is 0.000000317. The molecule has 214 valence electrons. The average molecular weight is 583 g/mol. The zero-order chi connectivity index (χ0) is 29.2. The Labute approximate surface area is 222 Å². The van der Waals surface area contributed by atoms with E-state index in [-0.39, 0.29) is 6.10 Å². The van der Waals surface area contributed by atoms with Crippen molar-refractivity contribution in [3.63, 3.8) is 0 Å². The van der Waals surface area contributed by atoms with Crippen molar-refractivity contribution in [2.75, 3.05) is 6.54 Å². The molecule has 9 nitrogen and oxygen atoms in total. The van der Waals surface area contributed by atoms with Gasteiger partial charge in [-0.1, -0.05) is 12.1 Å². The Morgan fingerprint density at radius 3 is 2.21 bits per heavy atom. The summed E-state index contributed by atoms with van der Waals surface area (Å²) in [6.07, 6.45) is -8.19. The Morgan fingerprint density at radius 1 is 1.03 bits per heavy atom. The van der Waals surface area contributed by atoms with E-state index in [9.17, 15) is 26.3 Å². The number of nitrogens with zero attached hydrogens (tertiary/aromatic N) is 4. The minimum Gasteiger partial charge on any atom is -0.475 e. The Hall–Kier alpha value is -3.50. The highest BCUT2D eigenvalue weighted by Gasteiger charge is 2.38. The smallest absolute Gasteiger partial charge is 0.475 e. The molecule has 39 heavy (non-hydrogen) atoms. The van der Waals surface area contributed by atoms with Gasteiger partial charge in [0.1, 0.15) is 0 Å². The van der Waals surface area contributed by atoms with E-state index in [0.29, 0.717) is 6.61 Å². The highest BCUT2D eigenvalue weighted by atomic mass is 32.1. The van der Waals surface area contributed by atoms with Crippen molar-refractivity contribution in [1.29, 1.82) is 0 Å². The van der Waals surface area contributed by atoms with Crippen LogP contribution in [0.15, 0.2) is 48.0 Å². The summed E-state index contributed by atoms with van der Waals surface area (Å²) >= 11 is 1.80. The zero-order valence-electron chi connectivity index (χ0n) is 20.3. The van der Waals surface area contributed by atoms with Crippen LogP contribution in [0, 0.1) is 6.92 Å². The molecule has 0 saturated carbocycles. The van der Waals surface area contributed by atoms with Crippen molar-refractivity contribution in [2.45, 2.75) is 51.6 Å². The largest absolute Gasteiger partial charge is 0.490 e. The van der Waals surface area contributed by atoms with Crippen molar-refractivity contribution >= 4 is 23.3 Å². The van der Waals surface area contributed by atoms with E-state index in [4.69, 9.17) is 24.5 Å². The van der Waals surface area contributed by atoms with Crippen LogP contribution in [0.3, 0.4) is 0 Å². The molecule has 0 aromatic carbocycles. The number of ether oxygens (including phenoxy) is 1. The first-order chi connectivity index (χ1) is 18.1. The van der Waals surface area contributed by atoms with Gasteiger partial charge in [-0.25, -0.2) is 9.59 Å². The van der Waals surface area contributed by atoms with Crippen LogP contribution in [0.4, 0.5) is 26.3 Å². The summed E-state index contributed by atoms with van der Waals surface area (Å²) in [5.74, 6) is -5.51. The van der Waals surface area contributed by atoms with E-state index < -0.39 is 24.3 Å². The summed E-state index contributed by atoms with van der Waals surface area (Å²) in [4.78, 5) is 26.2. The maximum atomic E-state index is 10.6. The number of carbonyl (C=O) groups is 2. The first-order valence-corrected chi connectivity index (χ1v) is 11.9. The highest BCUT2D eigenvalue weighted by molar-refractivity contribution is 7.09. The second-order valence-corrected chi connectivity index (χ2v) is 9.10. The quantitative estimate of drug-likeness (QED) is 0.422. The van der Waals surface area contributed by atoms with Crippen molar-refractivity contribution in [2.24, 2.45) is 0 Å². The molecule has 0 fully saturated rings. The molecule has 0 spiro atoms. The predicted molar refractivity (Wildman–Crippen MR) is 126 cm³/mol. The van der Waals surface area contributed by atoms with Crippen LogP contribution in [0.5, 0.6) is 0 Å². The molecule has 3 aromatic heterocycles. The second-order valence-electron chi connectivity index (χ2n) is 8.06. The Morgan fingerprint density at radius 2 is 1.67 bits per heavy atom. The van der Waals surface area contributed by atoms with Gasteiger partial charge in [0, 0.05) is 36.4 Å². The molecular weight excluding hydrogens is 558 g/mol. The van der Waals surface area contributed by atoms with Gasteiger partial charge in [0.15, 0.2) is 0 Å². The number of thiophene rings is 1. The van der Waals surface area contributed by atoms with Crippen molar-refractivity contribution in [1.82, 2.24) is 19.7 Å². The molecule has 1 unspecified atom stereocenters. The van der Waals surface area contributed by atoms with Gasteiger partial charge in [-0.2, -0.15) is 31.4 Å².